The first kappa shape index (κ1) is 23.3. The number of aromatic nitrogens is 1. The minimum absolute atomic E-state index is 0.124. The van der Waals surface area contributed by atoms with Gasteiger partial charge in [-0.15, -0.1) is 0 Å². The Labute approximate surface area is 190 Å². The van der Waals surface area contributed by atoms with Crippen molar-refractivity contribution in [3.8, 4) is 5.75 Å². The van der Waals surface area contributed by atoms with E-state index in [1.54, 1.807) is 12.1 Å². The van der Waals surface area contributed by atoms with Crippen LogP contribution in [0.3, 0.4) is 0 Å². The van der Waals surface area contributed by atoms with Crippen molar-refractivity contribution in [3.05, 3.63) is 71.5 Å². The summed E-state index contributed by atoms with van der Waals surface area (Å²) in [5, 5.41) is 0. The number of allylic oxidation sites excluding steroid dienone is 1. The Hall–Kier alpha value is -3.38. The van der Waals surface area contributed by atoms with Crippen LogP contribution in [0, 0.1) is 0 Å². The largest absolute Gasteiger partial charge is 0.485 e. The molecule has 1 aromatic heterocycles. The van der Waals surface area contributed by atoms with Gasteiger partial charge in [-0.05, 0) is 81.2 Å². The van der Waals surface area contributed by atoms with E-state index in [4.69, 9.17) is 20.9 Å². The normalized spacial score (nSPS) is 14.9. The monoisotopic (exact) mass is 432 g/mol. The summed E-state index contributed by atoms with van der Waals surface area (Å²) >= 11 is 0. The molecule has 6 heteroatoms. The lowest BCUT2D eigenvalue weighted by molar-refractivity contribution is -0.0222. The van der Waals surface area contributed by atoms with E-state index >= 15 is 0 Å². The van der Waals surface area contributed by atoms with Crippen LogP contribution in [0.25, 0.3) is 12.2 Å². The standard InChI is InChI=1S/C26H32N4O2/c1-6-19-11-13-25(28)29-22(19)14-17(2)18(3)31-16-26(4,5)32-21-12-10-20-8-7-9-24(27)30-23(20)15-21/h6-7,9-15,18H,1,8,16H2,2-5H3,(H2,27,30)(H2,28,29)/b17-14+. The summed E-state index contributed by atoms with van der Waals surface area (Å²) in [6.45, 7) is 12.3. The maximum absolute atomic E-state index is 6.23. The summed E-state index contributed by atoms with van der Waals surface area (Å²) in [7, 11) is 0. The summed E-state index contributed by atoms with van der Waals surface area (Å²) in [5.41, 5.74) is 15.9. The van der Waals surface area contributed by atoms with Crippen LogP contribution in [0.1, 0.15) is 44.5 Å². The topological polar surface area (TPSA) is 95.8 Å². The molecule has 32 heavy (non-hydrogen) atoms. The van der Waals surface area contributed by atoms with Gasteiger partial charge in [0.2, 0.25) is 0 Å². The number of nitrogens with zero attached hydrogens (tertiary/aromatic N) is 2. The zero-order valence-electron chi connectivity index (χ0n) is 19.3. The molecule has 6 nitrogen and oxygen atoms in total. The molecule has 1 aliphatic heterocycles. The number of hydrogen-bond donors (Lipinski definition) is 2. The van der Waals surface area contributed by atoms with E-state index < -0.39 is 5.60 Å². The van der Waals surface area contributed by atoms with E-state index in [2.05, 4.69) is 16.6 Å². The molecule has 168 valence electrons. The van der Waals surface area contributed by atoms with E-state index in [0.717, 1.165) is 40.3 Å². The van der Waals surface area contributed by atoms with Crippen molar-refractivity contribution in [1.82, 2.24) is 4.98 Å². The highest BCUT2D eigenvalue weighted by Gasteiger charge is 2.23. The Kier molecular flexibility index (Phi) is 7.15. The molecule has 2 aromatic rings. The third kappa shape index (κ3) is 6.08. The van der Waals surface area contributed by atoms with Gasteiger partial charge in [0.25, 0.3) is 0 Å². The zero-order valence-corrected chi connectivity index (χ0v) is 19.3. The van der Waals surface area contributed by atoms with Crippen LogP contribution >= 0.6 is 0 Å². The first-order valence-corrected chi connectivity index (χ1v) is 10.7. The van der Waals surface area contributed by atoms with Gasteiger partial charge in [0.15, 0.2) is 0 Å². The van der Waals surface area contributed by atoms with E-state index in [0.29, 0.717) is 18.3 Å². The zero-order chi connectivity index (χ0) is 23.3. The maximum Gasteiger partial charge on any atom is 0.127 e. The number of fused-ring (bicyclic) bond motifs is 1. The molecule has 0 amide bonds. The van der Waals surface area contributed by atoms with Gasteiger partial charge >= 0.3 is 0 Å². The van der Waals surface area contributed by atoms with Crippen molar-refractivity contribution >= 4 is 29.5 Å². The Morgan fingerprint density at radius 2 is 2.03 bits per heavy atom. The average molecular weight is 433 g/mol. The van der Waals surface area contributed by atoms with Crippen molar-refractivity contribution in [1.29, 1.82) is 0 Å². The van der Waals surface area contributed by atoms with Crippen LogP contribution in [0.15, 0.2) is 59.6 Å². The molecule has 3 rings (SSSR count). The Morgan fingerprint density at radius 3 is 2.78 bits per heavy atom. The molecule has 0 spiro atoms. The molecule has 0 bridgehead atoms. The molecule has 0 saturated carbocycles. The van der Waals surface area contributed by atoms with E-state index in [1.807, 2.05) is 70.2 Å². The van der Waals surface area contributed by atoms with E-state index in [1.165, 1.54) is 0 Å². The van der Waals surface area contributed by atoms with Gasteiger partial charge in [-0.25, -0.2) is 9.98 Å². The van der Waals surface area contributed by atoms with Crippen molar-refractivity contribution < 1.29 is 9.47 Å². The number of hydrogen-bond acceptors (Lipinski definition) is 6. The maximum atomic E-state index is 6.23. The SMILES string of the molecule is C=Cc1ccc(N)nc1/C=C(\C)C(C)OCC(C)(C)Oc1ccc2c(c1)N=C(N)C=CC2. The van der Waals surface area contributed by atoms with Gasteiger partial charge in [-0.1, -0.05) is 24.8 Å². The first-order valence-electron chi connectivity index (χ1n) is 10.7. The van der Waals surface area contributed by atoms with Crippen molar-refractivity contribution in [3.63, 3.8) is 0 Å². The van der Waals surface area contributed by atoms with Crippen LogP contribution in [-0.2, 0) is 11.2 Å². The molecule has 4 N–H and O–H groups in total. The molecule has 1 unspecified atom stereocenters. The Morgan fingerprint density at radius 1 is 1.25 bits per heavy atom. The molecule has 0 fully saturated rings. The van der Waals surface area contributed by atoms with Crippen LogP contribution in [-0.4, -0.2) is 29.1 Å². The minimum atomic E-state index is -0.539. The summed E-state index contributed by atoms with van der Waals surface area (Å²) in [4.78, 5) is 8.86. The summed E-state index contributed by atoms with van der Waals surface area (Å²) in [5.74, 6) is 1.70. The van der Waals surface area contributed by atoms with Crippen molar-refractivity contribution in [2.75, 3.05) is 12.3 Å². The van der Waals surface area contributed by atoms with E-state index in [9.17, 15) is 0 Å². The highest BCUT2D eigenvalue weighted by atomic mass is 16.5. The van der Waals surface area contributed by atoms with Gasteiger partial charge < -0.3 is 20.9 Å². The van der Waals surface area contributed by atoms with Crippen LogP contribution < -0.4 is 16.2 Å². The Bertz CT molecular complexity index is 1080. The lowest BCUT2D eigenvalue weighted by Gasteiger charge is -2.28. The summed E-state index contributed by atoms with van der Waals surface area (Å²) in [6, 6.07) is 9.59. The summed E-state index contributed by atoms with van der Waals surface area (Å²) < 4.78 is 12.4. The predicted octanol–water partition coefficient (Wildman–Crippen LogP) is 5.07. The number of aliphatic imine (C=N–C) groups is 1. The fourth-order valence-electron chi connectivity index (χ4n) is 3.30. The molecule has 0 saturated heterocycles. The number of benzene rings is 1. The second kappa shape index (κ2) is 9.83. The molecular weight excluding hydrogens is 400 g/mol. The number of ether oxygens (including phenoxy) is 2. The fraction of sp³-hybridized carbons (Fsp3) is 0.308. The van der Waals surface area contributed by atoms with Crippen LogP contribution in [0.5, 0.6) is 5.75 Å². The number of anilines is 1. The molecule has 2 heterocycles. The summed E-state index contributed by atoms with van der Waals surface area (Å²) in [6.07, 6.45) is 8.26. The smallest absolute Gasteiger partial charge is 0.127 e. The van der Waals surface area contributed by atoms with Gasteiger partial charge in [0, 0.05) is 6.07 Å². The van der Waals surface area contributed by atoms with Crippen LogP contribution in [0.4, 0.5) is 11.5 Å². The number of nitrogens with two attached hydrogens (primary N) is 2. The average Bonchev–Trinajstić information content (AvgIpc) is 2.92. The first-order chi connectivity index (χ1) is 15.2. The minimum Gasteiger partial charge on any atom is -0.485 e. The number of nitrogen functional groups attached to an aromatic ring is 1. The predicted molar refractivity (Wildman–Crippen MR) is 133 cm³/mol. The molecule has 1 atom stereocenters. The van der Waals surface area contributed by atoms with E-state index in [-0.39, 0.29) is 6.10 Å². The van der Waals surface area contributed by atoms with Crippen molar-refractivity contribution in [2.24, 2.45) is 10.7 Å². The molecule has 0 radical (unpaired) electrons. The molecule has 1 aromatic carbocycles. The Balaban J connectivity index is 1.65. The number of pyridine rings is 1. The lowest BCUT2D eigenvalue weighted by Crippen LogP contribution is -2.35. The van der Waals surface area contributed by atoms with Crippen molar-refractivity contribution in [2.45, 2.75) is 45.8 Å². The number of amidine groups is 1. The van der Waals surface area contributed by atoms with Gasteiger partial charge in [-0.3, -0.25) is 0 Å². The molecule has 0 aliphatic carbocycles. The lowest BCUT2D eigenvalue weighted by atomic mass is 10.1. The van der Waals surface area contributed by atoms with Gasteiger partial charge in [-0.2, -0.15) is 0 Å². The van der Waals surface area contributed by atoms with Gasteiger partial charge in [0.1, 0.15) is 23.0 Å². The third-order valence-corrected chi connectivity index (χ3v) is 5.21. The highest BCUT2D eigenvalue weighted by molar-refractivity contribution is 5.94. The van der Waals surface area contributed by atoms with Crippen LogP contribution in [0.2, 0.25) is 0 Å². The fourth-order valence-corrected chi connectivity index (χ4v) is 3.30. The third-order valence-electron chi connectivity index (χ3n) is 5.21. The molecule has 1 aliphatic rings. The second-order valence-corrected chi connectivity index (χ2v) is 8.55. The second-order valence-electron chi connectivity index (χ2n) is 8.55. The quantitative estimate of drug-likeness (QED) is 0.607. The highest BCUT2D eigenvalue weighted by Crippen LogP contribution is 2.30. The molecular formula is C26H32N4O2. The van der Waals surface area contributed by atoms with Gasteiger partial charge in [0.05, 0.1) is 24.1 Å². The number of rotatable bonds is 8.